The largest absolute Gasteiger partial charge is 0.497 e. The smallest absolute Gasteiger partial charge is 0.420 e. The van der Waals surface area contributed by atoms with E-state index in [-0.39, 0.29) is 5.78 Å². The summed E-state index contributed by atoms with van der Waals surface area (Å²) >= 11 is 3.37. The van der Waals surface area contributed by atoms with E-state index in [1.54, 1.807) is 64.4 Å². The Labute approximate surface area is 165 Å². The molecular formula is C20H19BrN2O4. The van der Waals surface area contributed by atoms with Crippen LogP contribution in [0, 0.1) is 0 Å². The van der Waals surface area contributed by atoms with Gasteiger partial charge in [-0.05, 0) is 54.9 Å². The molecule has 2 heterocycles. The standard InChI is InChI=1S/C20H19BrN2O4/c1-20(2,3)27-19(25)23-11-16(15-9-13(21)10-22-18(15)23)17(24)12-6-5-7-14(8-12)26-4/h5-11H,1-4H3. The van der Waals surface area contributed by atoms with Gasteiger partial charge in [0, 0.05) is 27.8 Å². The van der Waals surface area contributed by atoms with E-state index in [4.69, 9.17) is 9.47 Å². The first-order chi connectivity index (χ1) is 12.7. The van der Waals surface area contributed by atoms with E-state index in [0.717, 1.165) is 0 Å². The number of pyridine rings is 1. The van der Waals surface area contributed by atoms with Crippen molar-refractivity contribution in [3.05, 3.63) is 58.3 Å². The summed E-state index contributed by atoms with van der Waals surface area (Å²) in [6, 6.07) is 8.63. The van der Waals surface area contributed by atoms with Gasteiger partial charge in [0.25, 0.3) is 0 Å². The van der Waals surface area contributed by atoms with E-state index in [1.807, 2.05) is 0 Å². The lowest BCUT2D eigenvalue weighted by atomic mass is 10.0. The Morgan fingerprint density at radius 2 is 1.93 bits per heavy atom. The zero-order valence-corrected chi connectivity index (χ0v) is 17.0. The average Bonchev–Trinajstić information content (AvgIpc) is 2.98. The molecule has 1 aromatic carbocycles. The van der Waals surface area contributed by atoms with Crippen LogP contribution in [0.2, 0.25) is 0 Å². The number of carbonyl (C=O) groups excluding carboxylic acids is 2. The van der Waals surface area contributed by atoms with Crippen molar-refractivity contribution in [1.29, 1.82) is 0 Å². The van der Waals surface area contributed by atoms with Crippen molar-refractivity contribution in [2.45, 2.75) is 26.4 Å². The summed E-state index contributed by atoms with van der Waals surface area (Å²) in [5, 5.41) is 0.558. The molecular weight excluding hydrogens is 412 g/mol. The number of methoxy groups -OCH3 is 1. The van der Waals surface area contributed by atoms with Crippen molar-refractivity contribution in [3.63, 3.8) is 0 Å². The fourth-order valence-electron chi connectivity index (χ4n) is 2.63. The summed E-state index contributed by atoms with van der Waals surface area (Å²) in [5.41, 5.74) is 0.509. The number of ether oxygens (including phenoxy) is 2. The molecule has 0 radical (unpaired) electrons. The molecule has 0 saturated carbocycles. The van der Waals surface area contributed by atoms with Crippen molar-refractivity contribution in [3.8, 4) is 5.75 Å². The maximum Gasteiger partial charge on any atom is 0.420 e. The second kappa shape index (κ2) is 7.15. The topological polar surface area (TPSA) is 70.4 Å². The van der Waals surface area contributed by atoms with Gasteiger partial charge in [-0.1, -0.05) is 12.1 Å². The molecule has 0 aliphatic rings. The number of carbonyl (C=O) groups is 2. The van der Waals surface area contributed by atoms with E-state index in [2.05, 4.69) is 20.9 Å². The van der Waals surface area contributed by atoms with E-state index < -0.39 is 11.7 Å². The molecule has 0 bridgehead atoms. The van der Waals surface area contributed by atoms with Crippen molar-refractivity contribution < 1.29 is 19.1 Å². The Kier molecular flexibility index (Phi) is 5.06. The van der Waals surface area contributed by atoms with Crippen molar-refractivity contribution in [2.24, 2.45) is 0 Å². The number of ketones is 1. The van der Waals surface area contributed by atoms with Crippen LogP contribution in [0.4, 0.5) is 4.79 Å². The second-order valence-electron chi connectivity index (χ2n) is 6.98. The van der Waals surface area contributed by atoms with Gasteiger partial charge < -0.3 is 9.47 Å². The zero-order valence-electron chi connectivity index (χ0n) is 15.4. The minimum absolute atomic E-state index is 0.235. The van der Waals surface area contributed by atoms with E-state index in [9.17, 15) is 9.59 Å². The third-order valence-electron chi connectivity index (χ3n) is 3.78. The first-order valence-electron chi connectivity index (χ1n) is 8.28. The molecule has 0 N–H and O–H groups in total. The SMILES string of the molecule is COc1cccc(C(=O)c2cn(C(=O)OC(C)(C)C)c3ncc(Br)cc23)c1. The van der Waals surface area contributed by atoms with Crippen LogP contribution in [-0.4, -0.2) is 34.1 Å². The van der Waals surface area contributed by atoms with Gasteiger partial charge in [0.2, 0.25) is 0 Å². The highest BCUT2D eigenvalue weighted by atomic mass is 79.9. The third-order valence-corrected chi connectivity index (χ3v) is 4.21. The average molecular weight is 431 g/mol. The molecule has 2 aromatic heterocycles. The molecule has 0 unspecified atom stereocenters. The van der Waals surface area contributed by atoms with Crippen LogP contribution in [0.15, 0.2) is 47.2 Å². The Balaban J connectivity index is 2.14. The van der Waals surface area contributed by atoms with E-state index in [0.29, 0.717) is 32.4 Å². The molecule has 0 spiro atoms. The molecule has 0 atom stereocenters. The van der Waals surface area contributed by atoms with Crippen LogP contribution in [0.3, 0.4) is 0 Å². The zero-order chi connectivity index (χ0) is 19.8. The molecule has 0 aliphatic heterocycles. The van der Waals surface area contributed by atoms with Crippen LogP contribution in [0.25, 0.3) is 11.0 Å². The fraction of sp³-hybridized carbons (Fsp3) is 0.250. The predicted molar refractivity (Wildman–Crippen MR) is 105 cm³/mol. The highest BCUT2D eigenvalue weighted by molar-refractivity contribution is 9.10. The number of halogens is 1. The number of hydrogen-bond donors (Lipinski definition) is 0. The van der Waals surface area contributed by atoms with Gasteiger partial charge in [0.15, 0.2) is 5.78 Å². The Morgan fingerprint density at radius 3 is 2.59 bits per heavy atom. The summed E-state index contributed by atoms with van der Waals surface area (Å²) in [5.74, 6) is 0.345. The van der Waals surface area contributed by atoms with Crippen LogP contribution in [0.1, 0.15) is 36.7 Å². The fourth-order valence-corrected chi connectivity index (χ4v) is 2.96. The molecule has 140 valence electrons. The Morgan fingerprint density at radius 1 is 1.19 bits per heavy atom. The summed E-state index contributed by atoms with van der Waals surface area (Å²) in [6.07, 6.45) is 2.45. The summed E-state index contributed by atoms with van der Waals surface area (Å²) in [6.45, 7) is 5.34. The maximum absolute atomic E-state index is 13.1. The number of nitrogens with zero attached hydrogens (tertiary/aromatic N) is 2. The van der Waals surface area contributed by atoms with Crippen molar-refractivity contribution in [1.82, 2.24) is 9.55 Å². The molecule has 0 saturated heterocycles. The number of hydrogen-bond acceptors (Lipinski definition) is 5. The first kappa shape index (κ1) is 19.1. The monoisotopic (exact) mass is 430 g/mol. The predicted octanol–water partition coefficient (Wildman–Crippen LogP) is 4.82. The van der Waals surface area contributed by atoms with Gasteiger partial charge >= 0.3 is 6.09 Å². The lowest BCUT2D eigenvalue weighted by Gasteiger charge is -2.19. The maximum atomic E-state index is 13.1. The normalized spacial score (nSPS) is 11.4. The molecule has 0 aliphatic carbocycles. The van der Waals surface area contributed by atoms with Crippen LogP contribution >= 0.6 is 15.9 Å². The third kappa shape index (κ3) is 4.03. The van der Waals surface area contributed by atoms with Gasteiger partial charge in [-0.3, -0.25) is 4.79 Å². The second-order valence-corrected chi connectivity index (χ2v) is 7.89. The number of benzene rings is 1. The quantitative estimate of drug-likeness (QED) is 0.556. The number of aromatic nitrogens is 2. The highest BCUT2D eigenvalue weighted by Crippen LogP contribution is 2.27. The van der Waals surface area contributed by atoms with Gasteiger partial charge in [0.05, 0.1) is 12.7 Å². The van der Waals surface area contributed by atoms with Gasteiger partial charge in [-0.15, -0.1) is 0 Å². The molecule has 0 fully saturated rings. The Hall–Kier alpha value is -2.67. The van der Waals surface area contributed by atoms with Crippen molar-refractivity contribution >= 4 is 38.8 Å². The van der Waals surface area contributed by atoms with Crippen LogP contribution in [-0.2, 0) is 4.74 Å². The molecule has 3 rings (SSSR count). The van der Waals surface area contributed by atoms with Crippen LogP contribution < -0.4 is 4.74 Å². The summed E-state index contributed by atoms with van der Waals surface area (Å²) in [7, 11) is 1.54. The molecule has 27 heavy (non-hydrogen) atoms. The summed E-state index contributed by atoms with van der Waals surface area (Å²) in [4.78, 5) is 30.0. The lowest BCUT2D eigenvalue weighted by molar-refractivity contribution is 0.0543. The van der Waals surface area contributed by atoms with Gasteiger partial charge in [-0.2, -0.15) is 0 Å². The van der Waals surface area contributed by atoms with Gasteiger partial charge in [0.1, 0.15) is 17.0 Å². The molecule has 6 nitrogen and oxygen atoms in total. The number of rotatable bonds is 3. The molecule has 3 aromatic rings. The minimum Gasteiger partial charge on any atom is -0.497 e. The van der Waals surface area contributed by atoms with Crippen LogP contribution in [0.5, 0.6) is 5.75 Å². The molecule has 0 amide bonds. The first-order valence-corrected chi connectivity index (χ1v) is 9.07. The van der Waals surface area contributed by atoms with Crippen molar-refractivity contribution in [2.75, 3.05) is 7.11 Å². The van der Waals surface area contributed by atoms with E-state index in [1.165, 1.54) is 10.8 Å². The molecule has 7 heteroatoms. The van der Waals surface area contributed by atoms with E-state index >= 15 is 0 Å². The van der Waals surface area contributed by atoms with Gasteiger partial charge in [-0.25, -0.2) is 14.3 Å². The number of fused-ring (bicyclic) bond motifs is 1. The Bertz CT molecular complexity index is 1030. The lowest BCUT2D eigenvalue weighted by Crippen LogP contribution is -2.26. The minimum atomic E-state index is -0.667. The highest BCUT2D eigenvalue weighted by Gasteiger charge is 2.24. The summed E-state index contributed by atoms with van der Waals surface area (Å²) < 4.78 is 12.6.